The van der Waals surface area contributed by atoms with Crippen LogP contribution in [0.4, 0.5) is 0 Å². The van der Waals surface area contributed by atoms with Crippen LogP contribution >= 0.6 is 0 Å². The third-order valence-corrected chi connectivity index (χ3v) is 9.23. The third kappa shape index (κ3) is 3.31. The number of aryl methyl sites for hydroxylation is 3. The SMILES string of the molecule is Cc1cc(C)c(S(=O)(=O)N2CCC(S(=O)(=O)c3ccccc3)C2)cc1C. The lowest BCUT2D eigenvalue weighted by atomic mass is 10.1. The fourth-order valence-electron chi connectivity index (χ4n) is 3.32. The number of rotatable bonds is 4. The number of nitrogens with zero attached hydrogens (tertiary/aromatic N) is 1. The molecule has 5 nitrogen and oxygen atoms in total. The second-order valence-corrected chi connectivity index (χ2v) is 11.0. The molecule has 2 aromatic carbocycles. The van der Waals surface area contributed by atoms with Gasteiger partial charge in [-0.05, 0) is 62.1 Å². The van der Waals surface area contributed by atoms with Crippen molar-refractivity contribution in [2.75, 3.05) is 13.1 Å². The zero-order chi connectivity index (χ0) is 19.1. The maximum atomic E-state index is 13.1. The molecule has 1 aliphatic rings. The minimum Gasteiger partial charge on any atom is -0.223 e. The molecule has 7 heteroatoms. The van der Waals surface area contributed by atoms with Crippen LogP contribution in [0.2, 0.25) is 0 Å². The van der Waals surface area contributed by atoms with Crippen LogP contribution in [-0.2, 0) is 19.9 Å². The molecule has 2 aromatic rings. The standard InChI is InChI=1S/C19H23NO4S2/c1-14-11-16(3)19(12-15(14)2)26(23,24)20-10-9-18(13-20)25(21,22)17-7-5-4-6-8-17/h4-8,11-12,18H,9-10,13H2,1-3H3. The van der Waals surface area contributed by atoms with Gasteiger partial charge in [-0.25, -0.2) is 16.8 Å². The second kappa shape index (κ2) is 6.79. The minimum absolute atomic E-state index is 0.00801. The Bertz CT molecular complexity index is 1030. The van der Waals surface area contributed by atoms with Crippen molar-refractivity contribution in [1.82, 2.24) is 4.31 Å². The molecule has 1 heterocycles. The summed E-state index contributed by atoms with van der Waals surface area (Å²) in [5.74, 6) is 0. The van der Waals surface area contributed by atoms with Gasteiger partial charge in [0.05, 0.1) is 15.0 Å². The summed E-state index contributed by atoms with van der Waals surface area (Å²) >= 11 is 0. The van der Waals surface area contributed by atoms with Crippen molar-refractivity contribution < 1.29 is 16.8 Å². The number of sulfone groups is 1. The molecule has 1 aliphatic heterocycles. The summed E-state index contributed by atoms with van der Waals surface area (Å²) in [5.41, 5.74) is 2.62. The van der Waals surface area contributed by atoms with Crippen LogP contribution in [0.15, 0.2) is 52.3 Å². The highest BCUT2D eigenvalue weighted by atomic mass is 32.2. The van der Waals surface area contributed by atoms with Crippen LogP contribution in [-0.4, -0.2) is 39.5 Å². The molecule has 1 saturated heterocycles. The summed E-state index contributed by atoms with van der Waals surface area (Å²) in [6, 6.07) is 11.8. The summed E-state index contributed by atoms with van der Waals surface area (Å²) in [6.45, 7) is 5.79. The molecular formula is C19H23NO4S2. The van der Waals surface area contributed by atoms with Crippen LogP contribution in [0, 0.1) is 20.8 Å². The van der Waals surface area contributed by atoms with E-state index in [0.717, 1.165) is 11.1 Å². The van der Waals surface area contributed by atoms with E-state index in [-0.39, 0.29) is 22.9 Å². The van der Waals surface area contributed by atoms with Crippen molar-refractivity contribution in [1.29, 1.82) is 0 Å². The van der Waals surface area contributed by atoms with Gasteiger partial charge >= 0.3 is 0 Å². The first-order chi connectivity index (χ1) is 12.1. The van der Waals surface area contributed by atoms with E-state index in [1.807, 2.05) is 19.9 Å². The Balaban J connectivity index is 1.90. The van der Waals surface area contributed by atoms with Crippen LogP contribution in [0.25, 0.3) is 0 Å². The zero-order valence-electron chi connectivity index (χ0n) is 15.1. The van der Waals surface area contributed by atoms with Crippen LogP contribution < -0.4 is 0 Å². The molecule has 0 spiro atoms. The Kier molecular flexibility index (Phi) is 4.98. The lowest BCUT2D eigenvalue weighted by Gasteiger charge is -2.19. The van der Waals surface area contributed by atoms with E-state index >= 15 is 0 Å². The molecule has 26 heavy (non-hydrogen) atoms. The largest absolute Gasteiger partial charge is 0.243 e. The lowest BCUT2D eigenvalue weighted by molar-refractivity contribution is 0.476. The normalized spacial score (nSPS) is 19.0. The third-order valence-electron chi connectivity index (χ3n) is 5.03. The van der Waals surface area contributed by atoms with Crippen molar-refractivity contribution in [3.05, 3.63) is 59.2 Å². The lowest BCUT2D eigenvalue weighted by Crippen LogP contribution is -2.32. The summed E-state index contributed by atoms with van der Waals surface area (Å²) in [5, 5.41) is -0.716. The van der Waals surface area contributed by atoms with Crippen molar-refractivity contribution in [2.45, 2.75) is 42.2 Å². The first-order valence-corrected chi connectivity index (χ1v) is 11.5. The number of hydrogen-bond donors (Lipinski definition) is 0. The smallest absolute Gasteiger partial charge is 0.223 e. The maximum absolute atomic E-state index is 13.1. The Morgan fingerprint density at radius 1 is 0.885 bits per heavy atom. The van der Waals surface area contributed by atoms with Gasteiger partial charge in [-0.3, -0.25) is 0 Å². The first-order valence-electron chi connectivity index (χ1n) is 8.51. The monoisotopic (exact) mass is 393 g/mol. The Morgan fingerprint density at radius 3 is 2.15 bits per heavy atom. The highest BCUT2D eigenvalue weighted by molar-refractivity contribution is 7.92. The molecule has 1 unspecified atom stereocenters. The first kappa shape index (κ1) is 19.1. The van der Waals surface area contributed by atoms with Gasteiger partial charge in [-0.15, -0.1) is 0 Å². The number of hydrogen-bond acceptors (Lipinski definition) is 4. The molecule has 0 N–H and O–H groups in total. The minimum atomic E-state index is -3.72. The summed E-state index contributed by atoms with van der Waals surface area (Å²) in [7, 11) is -7.26. The summed E-state index contributed by atoms with van der Waals surface area (Å²) in [4.78, 5) is 0.505. The van der Waals surface area contributed by atoms with Gasteiger partial charge in [0.2, 0.25) is 10.0 Å². The predicted molar refractivity (Wildman–Crippen MR) is 101 cm³/mol. The molecular weight excluding hydrogens is 370 g/mol. The van der Waals surface area contributed by atoms with Crippen molar-refractivity contribution >= 4 is 19.9 Å². The van der Waals surface area contributed by atoms with Gasteiger partial charge < -0.3 is 0 Å². The molecule has 3 rings (SSSR count). The van der Waals surface area contributed by atoms with Crippen LogP contribution in [0.1, 0.15) is 23.1 Å². The Hall–Kier alpha value is -1.70. The van der Waals surface area contributed by atoms with E-state index in [9.17, 15) is 16.8 Å². The molecule has 1 atom stereocenters. The van der Waals surface area contributed by atoms with Crippen LogP contribution in [0.3, 0.4) is 0 Å². The predicted octanol–water partition coefficient (Wildman–Crippen LogP) is 2.85. The molecule has 0 aliphatic carbocycles. The molecule has 0 radical (unpaired) electrons. The van der Waals surface area contributed by atoms with Crippen molar-refractivity contribution in [3.63, 3.8) is 0 Å². The highest BCUT2D eigenvalue weighted by Gasteiger charge is 2.39. The van der Waals surface area contributed by atoms with E-state index < -0.39 is 25.1 Å². The molecule has 0 aromatic heterocycles. The number of benzene rings is 2. The molecule has 0 bridgehead atoms. The van der Waals surface area contributed by atoms with Gasteiger partial charge in [0.1, 0.15) is 0 Å². The van der Waals surface area contributed by atoms with Crippen molar-refractivity contribution in [2.24, 2.45) is 0 Å². The average molecular weight is 394 g/mol. The number of sulfonamides is 1. The van der Waals surface area contributed by atoms with E-state index in [1.54, 1.807) is 43.3 Å². The Morgan fingerprint density at radius 2 is 1.50 bits per heavy atom. The topological polar surface area (TPSA) is 71.5 Å². The fraction of sp³-hybridized carbons (Fsp3) is 0.368. The maximum Gasteiger partial charge on any atom is 0.243 e. The van der Waals surface area contributed by atoms with Gasteiger partial charge in [0.25, 0.3) is 0 Å². The average Bonchev–Trinajstić information content (AvgIpc) is 3.10. The van der Waals surface area contributed by atoms with Gasteiger partial charge in [0, 0.05) is 13.1 Å². The van der Waals surface area contributed by atoms with Crippen LogP contribution in [0.5, 0.6) is 0 Å². The van der Waals surface area contributed by atoms with Gasteiger partial charge in [-0.2, -0.15) is 4.31 Å². The molecule has 0 amide bonds. The van der Waals surface area contributed by atoms with E-state index in [1.165, 1.54) is 4.31 Å². The molecule has 0 saturated carbocycles. The van der Waals surface area contributed by atoms with E-state index in [0.29, 0.717) is 12.0 Å². The fourth-order valence-corrected chi connectivity index (χ4v) is 6.92. The zero-order valence-corrected chi connectivity index (χ0v) is 16.8. The van der Waals surface area contributed by atoms with Crippen molar-refractivity contribution in [3.8, 4) is 0 Å². The molecule has 1 fully saturated rings. The quantitative estimate of drug-likeness (QED) is 0.801. The van der Waals surface area contributed by atoms with E-state index in [2.05, 4.69) is 0 Å². The highest BCUT2D eigenvalue weighted by Crippen LogP contribution is 2.30. The molecule has 140 valence electrons. The second-order valence-electron chi connectivity index (χ2n) is 6.83. The van der Waals surface area contributed by atoms with E-state index in [4.69, 9.17) is 0 Å². The van der Waals surface area contributed by atoms with Gasteiger partial charge in [-0.1, -0.05) is 24.3 Å². The van der Waals surface area contributed by atoms with Gasteiger partial charge in [0.15, 0.2) is 9.84 Å². The Labute approximate surface area is 155 Å². The summed E-state index contributed by atoms with van der Waals surface area (Å²) < 4.78 is 53.0. The summed E-state index contributed by atoms with van der Waals surface area (Å²) in [6.07, 6.45) is 0.306.